The number of benzene rings is 1. The summed E-state index contributed by atoms with van der Waals surface area (Å²) in [6, 6.07) is 7.96. The van der Waals surface area contributed by atoms with Gasteiger partial charge < -0.3 is 21.3 Å². The Morgan fingerprint density at radius 3 is 2.73 bits per heavy atom. The molecule has 0 fully saturated rings. The molecule has 0 saturated carbocycles. The largest absolute Gasteiger partial charge is 0.394 e. The minimum Gasteiger partial charge on any atom is -0.394 e. The second-order valence-electron chi connectivity index (χ2n) is 3.49. The highest BCUT2D eigenvalue weighted by atomic mass is 16.3. The monoisotopic (exact) mass is 210 g/mol. The second-order valence-corrected chi connectivity index (χ2v) is 3.49. The van der Waals surface area contributed by atoms with E-state index in [1.54, 1.807) is 0 Å². The predicted octanol–water partition coefficient (Wildman–Crippen LogP) is -0.412. The summed E-state index contributed by atoms with van der Waals surface area (Å²) in [7, 11) is 0. The third-order valence-corrected chi connectivity index (χ3v) is 2.15. The Hall–Kier alpha value is -0.940. The smallest absolute Gasteiger partial charge is 0.0895 e. The molecule has 4 nitrogen and oxygen atoms in total. The van der Waals surface area contributed by atoms with Crippen molar-refractivity contribution in [2.45, 2.75) is 19.2 Å². The Kier molecular flexibility index (Phi) is 5.28. The number of hydrogen-bond acceptors (Lipinski definition) is 4. The molecule has 1 unspecified atom stereocenters. The van der Waals surface area contributed by atoms with Gasteiger partial charge in [-0.25, -0.2) is 0 Å². The molecule has 0 radical (unpaired) electrons. The van der Waals surface area contributed by atoms with E-state index in [-0.39, 0.29) is 6.61 Å². The molecule has 0 aliphatic carbocycles. The minimum atomic E-state index is -0.692. The van der Waals surface area contributed by atoms with E-state index in [0.717, 1.165) is 11.1 Å². The summed E-state index contributed by atoms with van der Waals surface area (Å²) in [6.45, 7) is 1.39. The van der Waals surface area contributed by atoms with Gasteiger partial charge in [-0.1, -0.05) is 24.3 Å². The first-order chi connectivity index (χ1) is 7.26. The number of hydrogen-bond donors (Lipinski definition) is 4. The van der Waals surface area contributed by atoms with E-state index in [2.05, 4.69) is 5.32 Å². The van der Waals surface area contributed by atoms with Gasteiger partial charge in [0.05, 0.1) is 12.7 Å². The molecule has 1 atom stereocenters. The summed E-state index contributed by atoms with van der Waals surface area (Å²) in [4.78, 5) is 0. The van der Waals surface area contributed by atoms with Crippen LogP contribution in [0.25, 0.3) is 0 Å². The SMILES string of the molecule is NCc1cccc(CNCC(O)CO)c1. The summed E-state index contributed by atoms with van der Waals surface area (Å²) in [5.74, 6) is 0. The van der Waals surface area contributed by atoms with E-state index in [4.69, 9.17) is 15.9 Å². The van der Waals surface area contributed by atoms with Gasteiger partial charge in [0.25, 0.3) is 0 Å². The Labute approximate surface area is 89.7 Å². The Bertz CT molecular complexity index is 292. The fourth-order valence-corrected chi connectivity index (χ4v) is 1.31. The van der Waals surface area contributed by atoms with Crippen LogP contribution in [0.3, 0.4) is 0 Å². The number of nitrogens with one attached hydrogen (secondary N) is 1. The number of aliphatic hydroxyl groups is 2. The quantitative estimate of drug-likeness (QED) is 0.514. The maximum absolute atomic E-state index is 9.10. The molecule has 0 amide bonds. The fraction of sp³-hybridized carbons (Fsp3) is 0.455. The predicted molar refractivity (Wildman–Crippen MR) is 59.1 cm³/mol. The first-order valence-electron chi connectivity index (χ1n) is 5.03. The van der Waals surface area contributed by atoms with Gasteiger partial charge in [0, 0.05) is 19.6 Å². The van der Waals surface area contributed by atoms with E-state index < -0.39 is 6.10 Å². The molecule has 1 aromatic carbocycles. The lowest BCUT2D eigenvalue weighted by Crippen LogP contribution is -2.28. The van der Waals surface area contributed by atoms with Gasteiger partial charge in [0.1, 0.15) is 0 Å². The van der Waals surface area contributed by atoms with Crippen molar-refractivity contribution in [3.05, 3.63) is 35.4 Å². The average Bonchev–Trinajstić information content (AvgIpc) is 2.29. The molecule has 0 bridgehead atoms. The second kappa shape index (κ2) is 6.53. The van der Waals surface area contributed by atoms with Crippen molar-refractivity contribution < 1.29 is 10.2 Å². The van der Waals surface area contributed by atoms with Gasteiger partial charge in [-0.05, 0) is 11.1 Å². The molecular formula is C11H18N2O2. The van der Waals surface area contributed by atoms with Gasteiger partial charge in [-0.2, -0.15) is 0 Å². The molecular weight excluding hydrogens is 192 g/mol. The van der Waals surface area contributed by atoms with Gasteiger partial charge in [-0.3, -0.25) is 0 Å². The highest BCUT2D eigenvalue weighted by molar-refractivity contribution is 5.23. The average molecular weight is 210 g/mol. The van der Waals surface area contributed by atoms with Crippen LogP contribution in [0, 0.1) is 0 Å². The molecule has 0 aliphatic heterocycles. The van der Waals surface area contributed by atoms with Crippen LogP contribution in [0.4, 0.5) is 0 Å². The van der Waals surface area contributed by atoms with Crippen LogP contribution in [-0.2, 0) is 13.1 Å². The first-order valence-corrected chi connectivity index (χ1v) is 5.03. The molecule has 15 heavy (non-hydrogen) atoms. The van der Waals surface area contributed by atoms with Gasteiger partial charge in [-0.15, -0.1) is 0 Å². The number of aliphatic hydroxyl groups excluding tert-OH is 2. The van der Waals surface area contributed by atoms with Gasteiger partial charge >= 0.3 is 0 Å². The van der Waals surface area contributed by atoms with Crippen LogP contribution in [0.5, 0.6) is 0 Å². The van der Waals surface area contributed by atoms with Crippen LogP contribution >= 0.6 is 0 Å². The zero-order valence-electron chi connectivity index (χ0n) is 8.69. The van der Waals surface area contributed by atoms with E-state index in [9.17, 15) is 0 Å². The highest BCUT2D eigenvalue weighted by Gasteiger charge is 2.00. The topological polar surface area (TPSA) is 78.5 Å². The molecule has 0 spiro atoms. The third kappa shape index (κ3) is 4.40. The van der Waals surface area contributed by atoms with Crippen LogP contribution < -0.4 is 11.1 Å². The molecule has 1 rings (SSSR count). The van der Waals surface area contributed by atoms with Crippen LogP contribution in [0.15, 0.2) is 24.3 Å². The van der Waals surface area contributed by atoms with Crippen molar-refractivity contribution in [3.63, 3.8) is 0 Å². The zero-order valence-corrected chi connectivity index (χ0v) is 8.69. The van der Waals surface area contributed by atoms with E-state index >= 15 is 0 Å². The van der Waals surface area contributed by atoms with Crippen molar-refractivity contribution in [1.82, 2.24) is 5.32 Å². The Morgan fingerprint density at radius 2 is 2.07 bits per heavy atom. The molecule has 0 saturated heterocycles. The van der Waals surface area contributed by atoms with Crippen molar-refractivity contribution in [2.24, 2.45) is 5.73 Å². The summed E-state index contributed by atoms with van der Waals surface area (Å²) in [6.07, 6.45) is -0.692. The lowest BCUT2D eigenvalue weighted by Gasteiger charge is -2.09. The van der Waals surface area contributed by atoms with E-state index in [1.807, 2.05) is 24.3 Å². The van der Waals surface area contributed by atoms with Crippen molar-refractivity contribution in [2.75, 3.05) is 13.2 Å². The molecule has 0 aromatic heterocycles. The Morgan fingerprint density at radius 1 is 1.33 bits per heavy atom. The lowest BCUT2D eigenvalue weighted by molar-refractivity contribution is 0.0942. The molecule has 5 N–H and O–H groups in total. The minimum absolute atomic E-state index is 0.212. The van der Waals surface area contributed by atoms with Crippen LogP contribution in [0.2, 0.25) is 0 Å². The van der Waals surface area contributed by atoms with Crippen LogP contribution in [-0.4, -0.2) is 29.5 Å². The maximum atomic E-state index is 9.10. The maximum Gasteiger partial charge on any atom is 0.0895 e. The normalized spacial score (nSPS) is 12.7. The standard InChI is InChI=1S/C11H18N2O2/c12-5-9-2-1-3-10(4-9)6-13-7-11(15)8-14/h1-4,11,13-15H,5-8,12H2. The fourth-order valence-electron chi connectivity index (χ4n) is 1.31. The van der Waals surface area contributed by atoms with Crippen molar-refractivity contribution in [1.29, 1.82) is 0 Å². The summed E-state index contributed by atoms with van der Waals surface area (Å²) in [5.41, 5.74) is 7.75. The summed E-state index contributed by atoms with van der Waals surface area (Å²) < 4.78 is 0. The highest BCUT2D eigenvalue weighted by Crippen LogP contribution is 2.03. The molecule has 0 heterocycles. The van der Waals surface area contributed by atoms with Crippen LogP contribution in [0.1, 0.15) is 11.1 Å². The molecule has 0 aliphatic rings. The van der Waals surface area contributed by atoms with Gasteiger partial charge in [0.2, 0.25) is 0 Å². The van der Waals surface area contributed by atoms with Crippen molar-refractivity contribution in [3.8, 4) is 0 Å². The van der Waals surface area contributed by atoms with E-state index in [1.165, 1.54) is 0 Å². The Balaban J connectivity index is 2.37. The zero-order chi connectivity index (χ0) is 11.1. The number of nitrogens with two attached hydrogens (primary N) is 1. The first kappa shape index (κ1) is 12.1. The van der Waals surface area contributed by atoms with Gasteiger partial charge in [0.15, 0.2) is 0 Å². The summed E-state index contributed by atoms with van der Waals surface area (Å²) in [5, 5.41) is 20.8. The molecule has 4 heteroatoms. The van der Waals surface area contributed by atoms with Crippen molar-refractivity contribution >= 4 is 0 Å². The van der Waals surface area contributed by atoms with E-state index in [0.29, 0.717) is 19.6 Å². The number of rotatable bonds is 6. The lowest BCUT2D eigenvalue weighted by atomic mass is 10.1. The molecule has 1 aromatic rings. The summed E-state index contributed by atoms with van der Waals surface area (Å²) >= 11 is 0. The third-order valence-electron chi connectivity index (χ3n) is 2.15. The molecule has 84 valence electrons.